The van der Waals surface area contributed by atoms with E-state index in [1.54, 1.807) is 61.0 Å². The van der Waals surface area contributed by atoms with Gasteiger partial charge in [-0.25, -0.2) is 0 Å². The van der Waals surface area contributed by atoms with E-state index in [1.807, 2.05) is 24.3 Å². The molecule has 0 fully saturated rings. The first-order valence-corrected chi connectivity index (χ1v) is 11.2. The van der Waals surface area contributed by atoms with Gasteiger partial charge in [-0.1, -0.05) is 60.7 Å². The molecule has 0 saturated heterocycles. The molecule has 0 spiro atoms. The Morgan fingerprint density at radius 2 is 0.973 bits per heavy atom. The number of hydrogen-bond acceptors (Lipinski definition) is 8. The molecule has 0 aliphatic rings. The standard InChI is InChI=1S/2C13H10N2O2S.Ni/c2*16-15(17)11-5-3-4-10(8-11)9-14-12-6-1-2-7-13(12)18;/h2*1-9,18H;/q;;+2/p-2. The zero-order valence-electron chi connectivity index (χ0n) is 18.9. The third-order valence-electron chi connectivity index (χ3n) is 4.60. The summed E-state index contributed by atoms with van der Waals surface area (Å²) < 4.78 is 0. The number of benzene rings is 4. The fourth-order valence-corrected chi connectivity index (χ4v) is 3.25. The maximum absolute atomic E-state index is 10.6. The van der Waals surface area contributed by atoms with Gasteiger partial charge in [-0.2, -0.15) is 0 Å². The quantitative estimate of drug-likeness (QED) is 0.0857. The van der Waals surface area contributed by atoms with E-state index in [9.17, 15) is 20.2 Å². The van der Waals surface area contributed by atoms with E-state index in [4.69, 9.17) is 25.3 Å². The van der Waals surface area contributed by atoms with E-state index in [1.165, 1.54) is 24.3 Å². The van der Waals surface area contributed by atoms with Crippen LogP contribution < -0.4 is 0 Å². The molecule has 0 heterocycles. The van der Waals surface area contributed by atoms with Crippen LogP contribution in [0, 0.1) is 20.2 Å². The van der Waals surface area contributed by atoms with Crippen molar-refractivity contribution in [2.45, 2.75) is 9.79 Å². The van der Waals surface area contributed by atoms with Gasteiger partial charge in [0.2, 0.25) is 0 Å². The zero-order valence-corrected chi connectivity index (χ0v) is 21.6. The van der Waals surface area contributed by atoms with Crippen molar-refractivity contribution in [3.05, 3.63) is 128 Å². The first-order valence-electron chi connectivity index (χ1n) is 10.4. The normalized spacial score (nSPS) is 10.4. The Morgan fingerprint density at radius 1 is 0.595 bits per heavy atom. The molecule has 8 nitrogen and oxygen atoms in total. The largest absolute Gasteiger partial charge is 2.00 e. The zero-order chi connectivity index (χ0) is 25.9. The van der Waals surface area contributed by atoms with Gasteiger partial charge in [-0.15, -0.1) is 9.79 Å². The van der Waals surface area contributed by atoms with Crippen LogP contribution >= 0.6 is 0 Å². The molecule has 0 aromatic heterocycles. The van der Waals surface area contributed by atoms with Crippen molar-refractivity contribution in [2.24, 2.45) is 9.98 Å². The topological polar surface area (TPSA) is 111 Å². The Bertz CT molecular complexity index is 1340. The fraction of sp³-hybridized carbons (Fsp3) is 0. The molecule has 0 saturated carbocycles. The van der Waals surface area contributed by atoms with Gasteiger partial charge >= 0.3 is 16.5 Å². The third kappa shape index (κ3) is 9.16. The van der Waals surface area contributed by atoms with Crippen LogP contribution in [0.4, 0.5) is 22.7 Å². The summed E-state index contributed by atoms with van der Waals surface area (Å²) in [5, 5.41) is 21.3. The van der Waals surface area contributed by atoms with Gasteiger partial charge < -0.3 is 25.3 Å². The fourth-order valence-electron chi connectivity index (χ4n) is 2.85. The molecule has 188 valence electrons. The molecule has 4 aromatic rings. The van der Waals surface area contributed by atoms with Crippen LogP contribution in [0.5, 0.6) is 0 Å². The number of nitro benzene ring substituents is 2. The summed E-state index contributed by atoms with van der Waals surface area (Å²) in [6.07, 6.45) is 3.14. The van der Waals surface area contributed by atoms with E-state index in [-0.39, 0.29) is 27.9 Å². The number of non-ortho nitro benzene ring substituents is 2. The van der Waals surface area contributed by atoms with Crippen molar-refractivity contribution in [1.29, 1.82) is 0 Å². The van der Waals surface area contributed by atoms with Gasteiger partial charge in [0.05, 0.1) is 9.85 Å². The van der Waals surface area contributed by atoms with Crippen LogP contribution in [0.25, 0.3) is 0 Å². The van der Waals surface area contributed by atoms with Crippen LogP contribution in [0.15, 0.2) is 117 Å². The van der Waals surface area contributed by atoms with Crippen LogP contribution in [0.3, 0.4) is 0 Å². The molecular weight excluding hydrogens is 555 g/mol. The molecule has 0 radical (unpaired) electrons. The summed E-state index contributed by atoms with van der Waals surface area (Å²) in [6.45, 7) is 0. The molecule has 0 bridgehead atoms. The van der Waals surface area contributed by atoms with E-state index in [2.05, 4.69) is 9.98 Å². The molecule has 0 aliphatic heterocycles. The molecule has 4 aromatic carbocycles. The second-order valence-electron chi connectivity index (χ2n) is 7.16. The van der Waals surface area contributed by atoms with E-state index in [0.29, 0.717) is 32.3 Å². The summed E-state index contributed by atoms with van der Waals surface area (Å²) in [7, 11) is 0. The summed E-state index contributed by atoms with van der Waals surface area (Å²) in [4.78, 5) is 30.1. The number of para-hydroxylation sites is 2. The van der Waals surface area contributed by atoms with Crippen molar-refractivity contribution >= 4 is 60.4 Å². The Morgan fingerprint density at radius 3 is 1.32 bits per heavy atom. The van der Waals surface area contributed by atoms with Crippen LogP contribution in [0.2, 0.25) is 0 Å². The number of nitrogens with zero attached hydrogens (tertiary/aromatic N) is 4. The Hall–Kier alpha value is -4.05. The van der Waals surface area contributed by atoms with Gasteiger partial charge in [0.1, 0.15) is 0 Å². The number of nitro groups is 2. The van der Waals surface area contributed by atoms with Crippen molar-refractivity contribution in [1.82, 2.24) is 0 Å². The molecule has 4 rings (SSSR count). The first kappa shape index (κ1) is 29.2. The molecular formula is C26H18N4NiO4S2. The monoisotopic (exact) mass is 572 g/mol. The van der Waals surface area contributed by atoms with E-state index in [0.717, 1.165) is 0 Å². The van der Waals surface area contributed by atoms with Crippen molar-refractivity contribution in [2.75, 3.05) is 0 Å². The second kappa shape index (κ2) is 14.5. The summed E-state index contributed by atoms with van der Waals surface area (Å²) in [5.41, 5.74) is 2.79. The van der Waals surface area contributed by atoms with Crippen LogP contribution in [0.1, 0.15) is 11.1 Å². The Labute approximate surface area is 234 Å². The van der Waals surface area contributed by atoms with Crippen molar-refractivity contribution in [3.8, 4) is 0 Å². The van der Waals surface area contributed by atoms with E-state index < -0.39 is 9.85 Å². The molecule has 0 unspecified atom stereocenters. The molecule has 11 heteroatoms. The second-order valence-corrected chi connectivity index (χ2v) is 8.04. The first-order chi connectivity index (χ1) is 17.3. The maximum Gasteiger partial charge on any atom is 2.00 e. The van der Waals surface area contributed by atoms with Crippen molar-refractivity contribution in [3.63, 3.8) is 0 Å². The predicted molar refractivity (Wildman–Crippen MR) is 145 cm³/mol. The van der Waals surface area contributed by atoms with Gasteiger partial charge in [0, 0.05) is 48.1 Å². The number of aliphatic imine (C=N–C) groups is 2. The van der Waals surface area contributed by atoms with Gasteiger partial charge in [0.15, 0.2) is 0 Å². The van der Waals surface area contributed by atoms with Crippen LogP contribution in [-0.2, 0) is 41.7 Å². The molecule has 37 heavy (non-hydrogen) atoms. The average Bonchev–Trinajstić information content (AvgIpc) is 2.88. The van der Waals surface area contributed by atoms with Crippen molar-refractivity contribution < 1.29 is 26.3 Å². The number of hydrogen-bond donors (Lipinski definition) is 0. The molecule has 0 N–H and O–H groups in total. The minimum atomic E-state index is -0.432. The number of rotatable bonds is 6. The summed E-state index contributed by atoms with van der Waals surface area (Å²) in [6, 6.07) is 27.1. The Kier molecular flexibility index (Phi) is 11.4. The smallest absolute Gasteiger partial charge is 0.778 e. The van der Waals surface area contributed by atoms with Crippen LogP contribution in [-0.4, -0.2) is 22.3 Å². The average molecular weight is 573 g/mol. The maximum atomic E-state index is 10.6. The SMILES string of the molecule is O=[N+]([O-])c1cccc(C=Nc2ccccc2[S-])c1.O=[N+]([O-])c1cccc(C=Nc2ccccc2[S-])c1.[Ni+2]. The molecule has 0 aliphatic carbocycles. The van der Waals surface area contributed by atoms with E-state index >= 15 is 0 Å². The molecule has 0 atom stereocenters. The Balaban J connectivity index is 0.000000253. The van der Waals surface area contributed by atoms with Gasteiger partial charge in [-0.3, -0.25) is 30.2 Å². The third-order valence-corrected chi connectivity index (χ3v) is 5.29. The molecule has 0 amide bonds. The van der Waals surface area contributed by atoms with Gasteiger partial charge in [-0.05, 0) is 23.3 Å². The summed E-state index contributed by atoms with van der Waals surface area (Å²) in [5.74, 6) is 0. The minimum Gasteiger partial charge on any atom is -0.778 e. The summed E-state index contributed by atoms with van der Waals surface area (Å²) >= 11 is 10.2. The van der Waals surface area contributed by atoms with Gasteiger partial charge in [0.25, 0.3) is 11.4 Å². The predicted octanol–water partition coefficient (Wildman–Crippen LogP) is 6.50. The minimum absolute atomic E-state index is 0.